The molecule has 0 heterocycles. The summed E-state index contributed by atoms with van der Waals surface area (Å²) in [6.45, 7) is 7.81. The summed E-state index contributed by atoms with van der Waals surface area (Å²) >= 11 is 0. The fourth-order valence-electron chi connectivity index (χ4n) is 8.41. The number of esters is 2. The molecule has 386 valence electrons. The normalized spacial score (nSPS) is 12.5. The average molecular weight is 926 g/mol. The monoisotopic (exact) mass is 925 g/mol. The molecule has 0 spiro atoms. The molecule has 0 saturated heterocycles. The average Bonchev–Trinajstić information content (AvgIpc) is 3.32. The van der Waals surface area contributed by atoms with Gasteiger partial charge in [0.2, 0.25) is 0 Å². The molecular formula is C61H112O5. The number of allylic oxidation sites excluding steroid dienone is 8. The molecular weight excluding hydrogens is 813 g/mol. The molecule has 1 atom stereocenters. The molecule has 0 aromatic rings. The van der Waals surface area contributed by atoms with Crippen molar-refractivity contribution in [3.05, 3.63) is 48.6 Å². The van der Waals surface area contributed by atoms with Gasteiger partial charge < -0.3 is 14.2 Å². The van der Waals surface area contributed by atoms with Crippen molar-refractivity contribution < 1.29 is 23.8 Å². The van der Waals surface area contributed by atoms with Gasteiger partial charge >= 0.3 is 11.9 Å². The van der Waals surface area contributed by atoms with Crippen molar-refractivity contribution in [3.63, 3.8) is 0 Å². The summed E-state index contributed by atoms with van der Waals surface area (Å²) in [7, 11) is 0. The molecule has 5 nitrogen and oxygen atoms in total. The Balaban J connectivity index is 4.26. The van der Waals surface area contributed by atoms with Gasteiger partial charge in [0.05, 0.1) is 6.61 Å². The van der Waals surface area contributed by atoms with Crippen LogP contribution in [0.25, 0.3) is 0 Å². The molecule has 0 aliphatic rings. The summed E-state index contributed by atoms with van der Waals surface area (Å²) in [5.74, 6) is -0.402. The first-order valence-electron chi connectivity index (χ1n) is 29.2. The standard InChI is InChI=1S/C61H112O5/c1-4-7-10-13-16-19-22-25-28-30-31-32-34-36-39-42-45-48-51-54-60(62)65-58-59(57-64-56-53-50-47-44-41-38-35-29-26-23-20-17-14-11-8-5-2)66-61(63)55-52-49-46-43-40-37-33-27-24-21-18-15-12-9-6-3/h17,20,25-29,33,59H,4-16,18-19,21-24,30-32,34-58H2,1-3H3/b20-17-,28-25-,29-26-,33-27-. The van der Waals surface area contributed by atoms with Crippen molar-refractivity contribution in [2.24, 2.45) is 0 Å². The van der Waals surface area contributed by atoms with E-state index in [-0.39, 0.29) is 25.2 Å². The highest BCUT2D eigenvalue weighted by atomic mass is 16.6. The van der Waals surface area contributed by atoms with Gasteiger partial charge in [-0.25, -0.2) is 0 Å². The molecule has 66 heavy (non-hydrogen) atoms. The predicted octanol–water partition coefficient (Wildman–Crippen LogP) is 19.9. The van der Waals surface area contributed by atoms with E-state index < -0.39 is 6.10 Å². The SMILES string of the molecule is CCCCC/C=C\C/C=C\CCCCCCCCOCC(COC(=O)CCCCCCCCCCC/C=C\CCCCCCCC)OC(=O)CCCCCCC/C=C\CCCCCCCC. The van der Waals surface area contributed by atoms with Crippen LogP contribution in [0.2, 0.25) is 0 Å². The summed E-state index contributed by atoms with van der Waals surface area (Å²) in [4.78, 5) is 25.5. The Hall–Kier alpha value is -2.14. The van der Waals surface area contributed by atoms with Gasteiger partial charge in [-0.15, -0.1) is 0 Å². The van der Waals surface area contributed by atoms with Crippen LogP contribution in [-0.2, 0) is 23.8 Å². The van der Waals surface area contributed by atoms with Crippen molar-refractivity contribution in [1.82, 2.24) is 0 Å². The third-order valence-corrected chi connectivity index (χ3v) is 12.8. The second-order valence-electron chi connectivity index (χ2n) is 19.5. The Labute approximate surface area is 412 Å². The Kier molecular flexibility index (Phi) is 55.3. The zero-order valence-corrected chi connectivity index (χ0v) is 44.5. The lowest BCUT2D eigenvalue weighted by atomic mass is 10.1. The second-order valence-corrected chi connectivity index (χ2v) is 19.5. The van der Waals surface area contributed by atoms with E-state index in [0.717, 1.165) is 57.8 Å². The number of rotatable bonds is 54. The van der Waals surface area contributed by atoms with Crippen molar-refractivity contribution in [3.8, 4) is 0 Å². The summed E-state index contributed by atoms with van der Waals surface area (Å²) in [5, 5.41) is 0. The second kappa shape index (κ2) is 57.2. The summed E-state index contributed by atoms with van der Waals surface area (Å²) in [5.41, 5.74) is 0. The minimum atomic E-state index is -0.546. The van der Waals surface area contributed by atoms with Crippen LogP contribution in [0.15, 0.2) is 48.6 Å². The largest absolute Gasteiger partial charge is 0.462 e. The zero-order valence-electron chi connectivity index (χ0n) is 44.5. The molecule has 0 amide bonds. The van der Waals surface area contributed by atoms with Crippen molar-refractivity contribution in [1.29, 1.82) is 0 Å². The van der Waals surface area contributed by atoms with Crippen LogP contribution in [0.4, 0.5) is 0 Å². The fourth-order valence-corrected chi connectivity index (χ4v) is 8.41. The first kappa shape index (κ1) is 63.9. The predicted molar refractivity (Wildman–Crippen MR) is 288 cm³/mol. The number of carbonyl (C=O) groups excluding carboxylic acids is 2. The molecule has 0 N–H and O–H groups in total. The van der Waals surface area contributed by atoms with E-state index in [1.807, 2.05) is 0 Å². The maximum Gasteiger partial charge on any atom is 0.306 e. The molecule has 0 aromatic heterocycles. The molecule has 0 aromatic carbocycles. The topological polar surface area (TPSA) is 61.8 Å². The molecule has 0 bridgehead atoms. The lowest BCUT2D eigenvalue weighted by molar-refractivity contribution is -0.163. The smallest absolute Gasteiger partial charge is 0.306 e. The van der Waals surface area contributed by atoms with Crippen LogP contribution in [0.5, 0.6) is 0 Å². The van der Waals surface area contributed by atoms with E-state index >= 15 is 0 Å². The quantitative estimate of drug-likeness (QED) is 0.0345. The summed E-state index contributed by atoms with van der Waals surface area (Å²) in [6.07, 6.45) is 71.3. The van der Waals surface area contributed by atoms with Gasteiger partial charge in [0, 0.05) is 19.4 Å². The van der Waals surface area contributed by atoms with Gasteiger partial charge in [-0.05, 0) is 103 Å². The van der Waals surface area contributed by atoms with E-state index in [0.29, 0.717) is 19.4 Å². The third kappa shape index (κ3) is 54.5. The third-order valence-electron chi connectivity index (χ3n) is 12.8. The van der Waals surface area contributed by atoms with Crippen molar-refractivity contribution in [2.45, 2.75) is 309 Å². The highest BCUT2D eigenvalue weighted by molar-refractivity contribution is 5.70. The van der Waals surface area contributed by atoms with Gasteiger partial charge in [0.25, 0.3) is 0 Å². The first-order valence-corrected chi connectivity index (χ1v) is 29.2. The van der Waals surface area contributed by atoms with Crippen LogP contribution in [-0.4, -0.2) is 37.9 Å². The minimum Gasteiger partial charge on any atom is -0.462 e. The minimum absolute atomic E-state index is 0.0789. The molecule has 0 aliphatic carbocycles. The van der Waals surface area contributed by atoms with E-state index in [9.17, 15) is 9.59 Å². The van der Waals surface area contributed by atoms with Crippen LogP contribution in [0.3, 0.4) is 0 Å². The molecule has 0 rings (SSSR count). The number of unbranched alkanes of at least 4 members (excludes halogenated alkanes) is 35. The Morgan fingerprint density at radius 2 is 0.636 bits per heavy atom. The van der Waals surface area contributed by atoms with Gasteiger partial charge in [0.15, 0.2) is 6.10 Å². The molecule has 0 radical (unpaired) electrons. The lowest BCUT2D eigenvalue weighted by Crippen LogP contribution is -2.30. The van der Waals surface area contributed by atoms with E-state index in [4.69, 9.17) is 14.2 Å². The summed E-state index contributed by atoms with van der Waals surface area (Å²) < 4.78 is 17.5. The molecule has 1 unspecified atom stereocenters. The van der Waals surface area contributed by atoms with Gasteiger partial charge in [-0.2, -0.15) is 0 Å². The number of hydrogen-bond donors (Lipinski definition) is 0. The highest BCUT2D eigenvalue weighted by Crippen LogP contribution is 2.15. The van der Waals surface area contributed by atoms with Crippen LogP contribution >= 0.6 is 0 Å². The van der Waals surface area contributed by atoms with E-state index in [1.165, 1.54) is 212 Å². The van der Waals surface area contributed by atoms with Crippen LogP contribution in [0.1, 0.15) is 303 Å². The maximum atomic E-state index is 12.8. The summed E-state index contributed by atoms with van der Waals surface area (Å²) in [6, 6.07) is 0. The van der Waals surface area contributed by atoms with E-state index in [2.05, 4.69) is 69.4 Å². The van der Waals surface area contributed by atoms with Crippen molar-refractivity contribution >= 4 is 11.9 Å². The van der Waals surface area contributed by atoms with Gasteiger partial charge in [-0.1, -0.05) is 236 Å². The maximum absolute atomic E-state index is 12.8. The molecule has 5 heteroatoms. The van der Waals surface area contributed by atoms with Gasteiger partial charge in [-0.3, -0.25) is 9.59 Å². The Morgan fingerprint density at radius 3 is 1.05 bits per heavy atom. The molecule has 0 fully saturated rings. The molecule has 0 saturated carbocycles. The van der Waals surface area contributed by atoms with Crippen LogP contribution < -0.4 is 0 Å². The number of carbonyl (C=O) groups is 2. The fraction of sp³-hybridized carbons (Fsp3) is 0.836. The van der Waals surface area contributed by atoms with Crippen molar-refractivity contribution in [2.75, 3.05) is 19.8 Å². The lowest BCUT2D eigenvalue weighted by Gasteiger charge is -2.18. The number of hydrogen-bond acceptors (Lipinski definition) is 5. The highest BCUT2D eigenvalue weighted by Gasteiger charge is 2.17. The van der Waals surface area contributed by atoms with Gasteiger partial charge in [0.1, 0.15) is 6.61 Å². The zero-order chi connectivity index (χ0) is 47.7. The number of ether oxygens (including phenoxy) is 3. The van der Waals surface area contributed by atoms with Crippen LogP contribution in [0, 0.1) is 0 Å². The molecule has 0 aliphatic heterocycles. The Morgan fingerprint density at radius 1 is 0.333 bits per heavy atom. The first-order chi connectivity index (χ1) is 32.6. The Bertz CT molecular complexity index is 1090. The van der Waals surface area contributed by atoms with E-state index in [1.54, 1.807) is 0 Å².